The third-order valence-corrected chi connectivity index (χ3v) is 3.48. The van der Waals surface area contributed by atoms with Crippen molar-refractivity contribution in [1.82, 2.24) is 4.98 Å². The van der Waals surface area contributed by atoms with Crippen LogP contribution in [0.3, 0.4) is 0 Å². The molecule has 0 saturated heterocycles. The standard InChI is InChI=1S/C16H16N2O/c1-10(2)14-7-6-11(9-17-14)12-4-3-5-15-13(12)8-16(19)18-15/h3-7,9-10H,8H2,1-2H3,(H,18,19). The molecule has 1 amide bonds. The van der Waals surface area contributed by atoms with Crippen LogP contribution in [-0.2, 0) is 11.2 Å². The summed E-state index contributed by atoms with van der Waals surface area (Å²) in [5.74, 6) is 0.494. The Hall–Kier alpha value is -2.16. The zero-order valence-corrected chi connectivity index (χ0v) is 11.1. The molecule has 96 valence electrons. The molecule has 0 radical (unpaired) electrons. The summed E-state index contributed by atoms with van der Waals surface area (Å²) in [6.07, 6.45) is 2.35. The first-order chi connectivity index (χ1) is 9.15. The van der Waals surface area contributed by atoms with Crippen LogP contribution in [0.25, 0.3) is 11.1 Å². The molecule has 0 aliphatic carbocycles. The summed E-state index contributed by atoms with van der Waals surface area (Å²) < 4.78 is 0. The lowest BCUT2D eigenvalue weighted by molar-refractivity contribution is -0.115. The van der Waals surface area contributed by atoms with Gasteiger partial charge < -0.3 is 5.32 Å². The second kappa shape index (κ2) is 4.50. The molecule has 0 bridgehead atoms. The molecule has 1 aromatic carbocycles. The second-order valence-electron chi connectivity index (χ2n) is 5.18. The Morgan fingerprint density at radius 3 is 2.74 bits per heavy atom. The highest BCUT2D eigenvalue weighted by atomic mass is 16.1. The second-order valence-corrected chi connectivity index (χ2v) is 5.18. The molecule has 0 spiro atoms. The van der Waals surface area contributed by atoms with Crippen LogP contribution in [0.2, 0.25) is 0 Å². The summed E-state index contributed by atoms with van der Waals surface area (Å²) in [6.45, 7) is 4.26. The Kier molecular flexibility index (Phi) is 2.82. The number of nitrogens with one attached hydrogen (secondary N) is 1. The summed E-state index contributed by atoms with van der Waals surface area (Å²) in [5.41, 5.74) is 5.25. The molecule has 2 heterocycles. The van der Waals surface area contributed by atoms with E-state index in [1.807, 2.05) is 24.4 Å². The van der Waals surface area contributed by atoms with Crippen LogP contribution >= 0.6 is 0 Å². The number of pyridine rings is 1. The minimum atomic E-state index is 0.0641. The van der Waals surface area contributed by atoms with Gasteiger partial charge >= 0.3 is 0 Å². The van der Waals surface area contributed by atoms with Gasteiger partial charge in [-0.15, -0.1) is 0 Å². The Balaban J connectivity index is 2.04. The van der Waals surface area contributed by atoms with Crippen molar-refractivity contribution in [3.05, 3.63) is 47.8 Å². The smallest absolute Gasteiger partial charge is 0.228 e. The number of carbonyl (C=O) groups excluding carboxylic acids is 1. The lowest BCUT2D eigenvalue weighted by Gasteiger charge is -2.09. The number of amides is 1. The van der Waals surface area contributed by atoms with E-state index >= 15 is 0 Å². The number of benzene rings is 1. The molecule has 0 unspecified atom stereocenters. The highest BCUT2D eigenvalue weighted by Crippen LogP contribution is 2.33. The van der Waals surface area contributed by atoms with Gasteiger partial charge in [-0.2, -0.15) is 0 Å². The number of carbonyl (C=O) groups is 1. The van der Waals surface area contributed by atoms with Crippen molar-refractivity contribution in [3.8, 4) is 11.1 Å². The van der Waals surface area contributed by atoms with Gasteiger partial charge in [-0.1, -0.05) is 32.0 Å². The van der Waals surface area contributed by atoms with Gasteiger partial charge in [0.2, 0.25) is 5.91 Å². The Morgan fingerprint density at radius 2 is 2.05 bits per heavy atom. The van der Waals surface area contributed by atoms with E-state index < -0.39 is 0 Å². The number of rotatable bonds is 2. The lowest BCUT2D eigenvalue weighted by Crippen LogP contribution is -2.03. The van der Waals surface area contributed by atoms with E-state index in [4.69, 9.17) is 0 Å². The zero-order valence-electron chi connectivity index (χ0n) is 11.1. The van der Waals surface area contributed by atoms with E-state index in [1.165, 1.54) is 0 Å². The molecule has 0 saturated carbocycles. The quantitative estimate of drug-likeness (QED) is 0.890. The number of hydrogen-bond acceptors (Lipinski definition) is 2. The van der Waals surface area contributed by atoms with E-state index in [1.54, 1.807) is 0 Å². The zero-order chi connectivity index (χ0) is 13.4. The molecular formula is C16H16N2O. The fourth-order valence-electron chi connectivity index (χ4n) is 2.43. The lowest BCUT2D eigenvalue weighted by atomic mass is 9.98. The summed E-state index contributed by atoms with van der Waals surface area (Å²) in [7, 11) is 0. The maximum atomic E-state index is 11.5. The minimum absolute atomic E-state index is 0.0641. The van der Waals surface area contributed by atoms with Crippen molar-refractivity contribution in [2.24, 2.45) is 0 Å². The molecule has 0 fully saturated rings. The van der Waals surface area contributed by atoms with Crippen molar-refractivity contribution in [2.75, 3.05) is 5.32 Å². The van der Waals surface area contributed by atoms with Crippen molar-refractivity contribution in [2.45, 2.75) is 26.2 Å². The Morgan fingerprint density at radius 1 is 1.21 bits per heavy atom. The van der Waals surface area contributed by atoms with Crippen LogP contribution in [0.5, 0.6) is 0 Å². The number of nitrogens with zero attached hydrogens (tertiary/aromatic N) is 1. The van der Waals surface area contributed by atoms with Crippen LogP contribution in [0.4, 0.5) is 5.69 Å². The first-order valence-corrected chi connectivity index (χ1v) is 6.53. The number of hydrogen-bond donors (Lipinski definition) is 1. The molecule has 2 aromatic rings. The monoisotopic (exact) mass is 252 g/mol. The SMILES string of the molecule is CC(C)c1ccc(-c2cccc3c2CC(=O)N3)cn1. The molecule has 3 heteroatoms. The van der Waals surface area contributed by atoms with Crippen LogP contribution in [0, 0.1) is 0 Å². The largest absolute Gasteiger partial charge is 0.326 e. The molecule has 19 heavy (non-hydrogen) atoms. The van der Waals surface area contributed by atoms with Gasteiger partial charge in [-0.05, 0) is 29.2 Å². The molecular weight excluding hydrogens is 236 g/mol. The van der Waals surface area contributed by atoms with E-state index in [-0.39, 0.29) is 5.91 Å². The van der Waals surface area contributed by atoms with Gasteiger partial charge in [-0.25, -0.2) is 0 Å². The molecule has 1 N–H and O–H groups in total. The van der Waals surface area contributed by atoms with E-state index in [9.17, 15) is 4.79 Å². The predicted octanol–water partition coefficient (Wildman–Crippen LogP) is 3.37. The van der Waals surface area contributed by atoms with Crippen molar-refractivity contribution < 1.29 is 4.79 Å². The van der Waals surface area contributed by atoms with E-state index in [0.717, 1.165) is 28.1 Å². The highest BCUT2D eigenvalue weighted by molar-refractivity contribution is 6.01. The normalized spacial score (nSPS) is 13.5. The average Bonchev–Trinajstić information content (AvgIpc) is 2.78. The Bertz CT molecular complexity index is 630. The van der Waals surface area contributed by atoms with Gasteiger partial charge in [-0.3, -0.25) is 9.78 Å². The van der Waals surface area contributed by atoms with Gasteiger partial charge in [0.15, 0.2) is 0 Å². The summed E-state index contributed by atoms with van der Waals surface area (Å²) in [5, 5.41) is 2.88. The third kappa shape index (κ3) is 2.12. The van der Waals surface area contributed by atoms with Crippen LogP contribution in [0.15, 0.2) is 36.5 Å². The number of fused-ring (bicyclic) bond motifs is 1. The average molecular weight is 252 g/mol. The van der Waals surface area contributed by atoms with Gasteiger partial charge in [0.25, 0.3) is 0 Å². The topological polar surface area (TPSA) is 42.0 Å². The minimum Gasteiger partial charge on any atom is -0.326 e. The number of anilines is 1. The molecule has 1 aliphatic rings. The first-order valence-electron chi connectivity index (χ1n) is 6.53. The fourth-order valence-corrected chi connectivity index (χ4v) is 2.43. The fraction of sp³-hybridized carbons (Fsp3) is 0.250. The summed E-state index contributed by atoms with van der Waals surface area (Å²) in [6, 6.07) is 10.1. The maximum Gasteiger partial charge on any atom is 0.228 e. The molecule has 1 aliphatic heterocycles. The van der Waals surface area contributed by atoms with Crippen LogP contribution in [0.1, 0.15) is 31.0 Å². The predicted molar refractivity (Wildman–Crippen MR) is 76.1 cm³/mol. The van der Waals surface area contributed by atoms with Gasteiger partial charge in [0, 0.05) is 23.1 Å². The molecule has 1 aromatic heterocycles. The van der Waals surface area contributed by atoms with Gasteiger partial charge in [0.05, 0.1) is 6.42 Å². The first kappa shape index (κ1) is 11.9. The van der Waals surface area contributed by atoms with E-state index in [0.29, 0.717) is 12.3 Å². The van der Waals surface area contributed by atoms with Gasteiger partial charge in [0.1, 0.15) is 0 Å². The van der Waals surface area contributed by atoms with Crippen LogP contribution in [-0.4, -0.2) is 10.9 Å². The van der Waals surface area contributed by atoms with Crippen molar-refractivity contribution >= 4 is 11.6 Å². The third-order valence-electron chi connectivity index (χ3n) is 3.48. The summed E-state index contributed by atoms with van der Waals surface area (Å²) >= 11 is 0. The van der Waals surface area contributed by atoms with Crippen molar-refractivity contribution in [3.63, 3.8) is 0 Å². The number of aromatic nitrogens is 1. The maximum absolute atomic E-state index is 11.5. The highest BCUT2D eigenvalue weighted by Gasteiger charge is 2.21. The summed E-state index contributed by atoms with van der Waals surface area (Å²) in [4.78, 5) is 16.0. The molecule has 3 nitrogen and oxygen atoms in total. The molecule has 3 rings (SSSR count). The molecule has 0 atom stereocenters. The van der Waals surface area contributed by atoms with Crippen molar-refractivity contribution in [1.29, 1.82) is 0 Å². The van der Waals surface area contributed by atoms with E-state index in [2.05, 4.69) is 36.3 Å². The van der Waals surface area contributed by atoms with Crippen LogP contribution < -0.4 is 5.32 Å². The Labute approximate surface area is 112 Å².